The van der Waals surface area contributed by atoms with Crippen LogP contribution in [-0.4, -0.2) is 34.0 Å². The van der Waals surface area contributed by atoms with E-state index in [1.165, 1.54) is 0 Å². The Morgan fingerprint density at radius 1 is 1.31 bits per heavy atom. The molecule has 2 N–H and O–H groups in total. The number of aryl methyl sites for hydroxylation is 2. The van der Waals surface area contributed by atoms with E-state index in [0.29, 0.717) is 24.7 Å². The summed E-state index contributed by atoms with van der Waals surface area (Å²) in [5, 5.41) is 14.4. The third-order valence-electron chi connectivity index (χ3n) is 5.22. The van der Waals surface area contributed by atoms with Gasteiger partial charge in [0.05, 0.1) is 5.69 Å². The molecule has 3 aromatic rings. The Labute approximate surface area is 169 Å². The van der Waals surface area contributed by atoms with Crippen molar-refractivity contribution in [1.82, 2.24) is 20.3 Å². The van der Waals surface area contributed by atoms with Gasteiger partial charge in [0.1, 0.15) is 17.9 Å². The average Bonchev–Trinajstić information content (AvgIpc) is 3.44. The molecule has 1 unspecified atom stereocenters. The zero-order valence-corrected chi connectivity index (χ0v) is 16.5. The third kappa shape index (κ3) is 4.38. The Hall–Kier alpha value is -2.97. The van der Waals surface area contributed by atoms with Gasteiger partial charge in [0.15, 0.2) is 5.82 Å². The van der Waals surface area contributed by atoms with Crippen molar-refractivity contribution in [1.29, 1.82) is 0 Å². The molecule has 0 radical (unpaired) electrons. The number of carbonyl (C=O) groups excluding carboxylic acids is 1. The maximum Gasteiger partial charge on any atom is 0.247 e. The SMILES string of the molecule is Cc1cc(NC(=O)C(NC[C@@H]2CCO[C@H]2c2ccnn2C)c2ccccc2)no1. The van der Waals surface area contributed by atoms with Crippen LogP contribution in [0.15, 0.2) is 53.2 Å². The fourth-order valence-corrected chi connectivity index (χ4v) is 3.73. The maximum atomic E-state index is 13.0. The molecule has 8 heteroatoms. The highest BCUT2D eigenvalue weighted by molar-refractivity contribution is 5.94. The lowest BCUT2D eigenvalue weighted by Crippen LogP contribution is -2.36. The molecule has 1 aliphatic rings. The van der Waals surface area contributed by atoms with Gasteiger partial charge in [-0.15, -0.1) is 0 Å². The molecule has 1 aliphatic heterocycles. The Morgan fingerprint density at radius 2 is 2.14 bits per heavy atom. The molecule has 1 saturated heterocycles. The smallest absolute Gasteiger partial charge is 0.247 e. The fourth-order valence-electron chi connectivity index (χ4n) is 3.73. The predicted octanol–water partition coefficient (Wildman–Crippen LogP) is 2.76. The summed E-state index contributed by atoms with van der Waals surface area (Å²) in [6, 6.07) is 12.8. The highest BCUT2D eigenvalue weighted by atomic mass is 16.5. The molecule has 8 nitrogen and oxygen atoms in total. The van der Waals surface area contributed by atoms with Gasteiger partial charge in [0.2, 0.25) is 5.91 Å². The summed E-state index contributed by atoms with van der Waals surface area (Å²) < 4.78 is 12.9. The summed E-state index contributed by atoms with van der Waals surface area (Å²) in [6.45, 7) is 3.12. The molecule has 2 aromatic heterocycles. The van der Waals surface area contributed by atoms with E-state index in [9.17, 15) is 4.79 Å². The van der Waals surface area contributed by atoms with Crippen molar-refractivity contribution in [2.45, 2.75) is 25.5 Å². The number of benzene rings is 1. The first-order chi connectivity index (χ1) is 14.1. The van der Waals surface area contributed by atoms with Crippen molar-refractivity contribution in [2.75, 3.05) is 18.5 Å². The Kier molecular flexibility index (Phi) is 5.73. The van der Waals surface area contributed by atoms with E-state index in [4.69, 9.17) is 9.26 Å². The quantitative estimate of drug-likeness (QED) is 0.639. The van der Waals surface area contributed by atoms with Crippen LogP contribution in [0, 0.1) is 12.8 Å². The number of hydrogen-bond donors (Lipinski definition) is 2. The van der Waals surface area contributed by atoms with Gasteiger partial charge < -0.3 is 19.9 Å². The number of nitrogens with zero attached hydrogens (tertiary/aromatic N) is 3. The normalized spacial score (nSPS) is 19.9. The minimum absolute atomic E-state index is 0.0346. The van der Waals surface area contributed by atoms with Crippen LogP contribution < -0.4 is 10.6 Å². The van der Waals surface area contributed by atoms with E-state index < -0.39 is 6.04 Å². The number of amides is 1. The molecule has 152 valence electrons. The number of anilines is 1. The third-order valence-corrected chi connectivity index (χ3v) is 5.22. The van der Waals surface area contributed by atoms with Crippen molar-refractivity contribution in [3.8, 4) is 0 Å². The van der Waals surface area contributed by atoms with E-state index >= 15 is 0 Å². The standard InChI is InChI=1S/C21H25N5O3/c1-14-12-18(25-29-14)24-21(27)19(15-6-4-3-5-7-15)22-13-16-9-11-28-20(16)17-8-10-23-26(17)2/h3-8,10,12,16,19-20,22H,9,11,13H2,1-2H3,(H,24,25,27)/t16-,19?,20+/m0/s1. The zero-order valence-electron chi connectivity index (χ0n) is 16.5. The number of ether oxygens (including phenoxy) is 1. The van der Waals surface area contributed by atoms with Crippen LogP contribution >= 0.6 is 0 Å². The van der Waals surface area contributed by atoms with E-state index in [-0.39, 0.29) is 17.9 Å². The molecule has 1 amide bonds. The number of rotatable bonds is 7. The fraction of sp³-hybridized carbons (Fsp3) is 0.381. The molecule has 0 aliphatic carbocycles. The predicted molar refractivity (Wildman–Crippen MR) is 107 cm³/mol. The number of aromatic nitrogens is 3. The molecule has 3 atom stereocenters. The molecule has 29 heavy (non-hydrogen) atoms. The first-order valence-corrected chi connectivity index (χ1v) is 9.74. The highest BCUT2D eigenvalue weighted by Crippen LogP contribution is 2.34. The molecule has 1 fully saturated rings. The largest absolute Gasteiger partial charge is 0.372 e. The number of carbonyl (C=O) groups is 1. The number of hydrogen-bond acceptors (Lipinski definition) is 6. The van der Waals surface area contributed by atoms with Gasteiger partial charge in [-0.25, -0.2) is 0 Å². The zero-order chi connectivity index (χ0) is 20.2. The lowest BCUT2D eigenvalue weighted by molar-refractivity contribution is -0.118. The molecule has 1 aromatic carbocycles. The van der Waals surface area contributed by atoms with Crippen LogP contribution in [0.3, 0.4) is 0 Å². The summed E-state index contributed by atoms with van der Waals surface area (Å²) in [4.78, 5) is 13.0. The van der Waals surface area contributed by atoms with Gasteiger partial charge in [0.25, 0.3) is 0 Å². The maximum absolute atomic E-state index is 13.0. The summed E-state index contributed by atoms with van der Waals surface area (Å²) in [7, 11) is 1.92. The van der Waals surface area contributed by atoms with Crippen LogP contribution in [0.2, 0.25) is 0 Å². The topological polar surface area (TPSA) is 94.2 Å². The van der Waals surface area contributed by atoms with Crippen LogP contribution in [0.25, 0.3) is 0 Å². The van der Waals surface area contributed by atoms with Crippen LogP contribution in [0.5, 0.6) is 0 Å². The van der Waals surface area contributed by atoms with Gasteiger partial charge in [-0.05, 0) is 25.0 Å². The first-order valence-electron chi connectivity index (χ1n) is 9.74. The summed E-state index contributed by atoms with van der Waals surface area (Å²) >= 11 is 0. The van der Waals surface area contributed by atoms with Crippen LogP contribution in [0.4, 0.5) is 5.82 Å². The van der Waals surface area contributed by atoms with Gasteiger partial charge in [-0.1, -0.05) is 35.5 Å². The van der Waals surface area contributed by atoms with Crippen LogP contribution in [-0.2, 0) is 16.6 Å². The van der Waals surface area contributed by atoms with E-state index in [1.54, 1.807) is 19.2 Å². The number of nitrogens with one attached hydrogen (secondary N) is 2. The Balaban J connectivity index is 1.48. The molecule has 0 saturated carbocycles. The molecule has 0 spiro atoms. The van der Waals surface area contributed by atoms with Crippen molar-refractivity contribution in [2.24, 2.45) is 13.0 Å². The summed E-state index contributed by atoms with van der Waals surface area (Å²) in [5.74, 6) is 1.12. The second-order valence-electron chi connectivity index (χ2n) is 7.28. The molecular formula is C21H25N5O3. The van der Waals surface area contributed by atoms with Crippen molar-refractivity contribution in [3.05, 3.63) is 65.7 Å². The summed E-state index contributed by atoms with van der Waals surface area (Å²) in [5.41, 5.74) is 1.94. The van der Waals surface area contributed by atoms with E-state index in [2.05, 4.69) is 20.9 Å². The second-order valence-corrected chi connectivity index (χ2v) is 7.28. The average molecular weight is 395 g/mol. The monoisotopic (exact) mass is 395 g/mol. The van der Waals surface area contributed by atoms with Gasteiger partial charge in [-0.2, -0.15) is 5.10 Å². The Bertz CT molecular complexity index is 952. The molecule has 4 rings (SSSR count). The molecule has 0 bridgehead atoms. The van der Waals surface area contributed by atoms with E-state index in [0.717, 1.165) is 17.7 Å². The van der Waals surface area contributed by atoms with Crippen molar-refractivity contribution >= 4 is 11.7 Å². The molecular weight excluding hydrogens is 370 g/mol. The van der Waals surface area contributed by atoms with Crippen molar-refractivity contribution < 1.29 is 14.1 Å². The van der Waals surface area contributed by atoms with Crippen LogP contribution in [0.1, 0.15) is 35.6 Å². The van der Waals surface area contributed by atoms with Gasteiger partial charge >= 0.3 is 0 Å². The second kappa shape index (κ2) is 8.59. The summed E-state index contributed by atoms with van der Waals surface area (Å²) in [6.07, 6.45) is 2.67. The molecule has 3 heterocycles. The lowest BCUT2D eigenvalue weighted by atomic mass is 9.97. The Morgan fingerprint density at radius 3 is 2.83 bits per heavy atom. The first kappa shape index (κ1) is 19.4. The van der Waals surface area contributed by atoms with E-state index in [1.807, 2.05) is 48.1 Å². The lowest BCUT2D eigenvalue weighted by Gasteiger charge is -2.23. The minimum Gasteiger partial charge on any atom is -0.372 e. The van der Waals surface area contributed by atoms with Crippen molar-refractivity contribution in [3.63, 3.8) is 0 Å². The minimum atomic E-state index is -0.513. The highest BCUT2D eigenvalue weighted by Gasteiger charge is 2.33. The van der Waals surface area contributed by atoms with Gasteiger partial charge in [0, 0.05) is 38.4 Å². The van der Waals surface area contributed by atoms with Gasteiger partial charge in [-0.3, -0.25) is 9.48 Å².